The van der Waals surface area contributed by atoms with Crippen LogP contribution >= 0.6 is 11.8 Å². The van der Waals surface area contributed by atoms with Gasteiger partial charge in [-0.25, -0.2) is 9.37 Å². The minimum absolute atomic E-state index is 0.130. The number of thioether (sulfide) groups is 1. The fourth-order valence-electron chi connectivity index (χ4n) is 2.83. The normalized spacial score (nSPS) is 22.5. The first-order valence-corrected chi connectivity index (χ1v) is 8.91. The van der Waals surface area contributed by atoms with Gasteiger partial charge >= 0.3 is 0 Å². The second-order valence-corrected chi connectivity index (χ2v) is 7.95. The number of rotatable bonds is 3. The molecule has 1 aliphatic rings. The Morgan fingerprint density at radius 1 is 1.50 bits per heavy atom. The summed E-state index contributed by atoms with van der Waals surface area (Å²) in [5, 5.41) is 14.6. The molecule has 1 saturated heterocycles. The van der Waals surface area contributed by atoms with Crippen molar-refractivity contribution >= 4 is 23.4 Å². The third kappa shape index (κ3) is 3.85. The maximum Gasteiger partial charge on any atom is 0.274 e. The van der Waals surface area contributed by atoms with Crippen molar-refractivity contribution in [3.63, 3.8) is 0 Å². The SMILES string of the molecule is CC1(c2cc(NC(=O)c3ccc(C#N)cn3)ccc2F)CNC[C@H](N)S1. The highest BCUT2D eigenvalue weighted by Gasteiger charge is 2.35. The predicted octanol–water partition coefficient (Wildman–Crippen LogP) is 2.18. The summed E-state index contributed by atoms with van der Waals surface area (Å²) in [6.45, 7) is 3.18. The lowest BCUT2D eigenvalue weighted by Gasteiger charge is -2.37. The molecule has 0 saturated carbocycles. The van der Waals surface area contributed by atoms with Gasteiger partial charge in [0.2, 0.25) is 0 Å². The van der Waals surface area contributed by atoms with Gasteiger partial charge in [0.05, 0.1) is 15.7 Å². The molecule has 1 fully saturated rings. The molecule has 1 amide bonds. The number of nitrogens with zero attached hydrogens (tertiary/aromatic N) is 2. The van der Waals surface area contributed by atoms with Gasteiger partial charge in [-0.05, 0) is 37.3 Å². The number of benzene rings is 1. The monoisotopic (exact) mass is 371 g/mol. The number of nitriles is 1. The molecule has 2 atom stereocenters. The van der Waals surface area contributed by atoms with Crippen LogP contribution in [0.4, 0.5) is 10.1 Å². The van der Waals surface area contributed by atoms with Gasteiger partial charge in [0, 0.05) is 30.5 Å². The van der Waals surface area contributed by atoms with Crippen molar-refractivity contribution in [1.82, 2.24) is 10.3 Å². The first-order valence-electron chi connectivity index (χ1n) is 8.03. The van der Waals surface area contributed by atoms with Crippen LogP contribution in [0.15, 0.2) is 36.5 Å². The van der Waals surface area contributed by atoms with Crippen molar-refractivity contribution in [3.8, 4) is 6.07 Å². The van der Waals surface area contributed by atoms with Crippen LogP contribution in [-0.2, 0) is 4.75 Å². The maximum atomic E-state index is 14.4. The van der Waals surface area contributed by atoms with Gasteiger partial charge in [0.25, 0.3) is 5.91 Å². The van der Waals surface area contributed by atoms with E-state index < -0.39 is 10.7 Å². The second-order valence-electron chi connectivity index (χ2n) is 6.21. The standard InChI is InChI=1S/C18H18FN5OS/c1-18(10-22-9-16(21)26-18)13-6-12(3-4-14(13)19)24-17(25)15-5-2-11(7-20)8-23-15/h2-6,8,16,22H,9-10,21H2,1H3,(H,24,25)/t16-,18?/m1/s1. The molecule has 4 N–H and O–H groups in total. The quantitative estimate of drug-likeness (QED) is 0.764. The topological polar surface area (TPSA) is 104 Å². The van der Waals surface area contributed by atoms with Crippen LogP contribution in [0.5, 0.6) is 0 Å². The molecule has 1 aromatic heterocycles. The van der Waals surface area contributed by atoms with Crippen molar-refractivity contribution in [2.75, 3.05) is 18.4 Å². The number of nitrogens with one attached hydrogen (secondary N) is 2. The predicted molar refractivity (Wildman–Crippen MR) is 99.1 cm³/mol. The van der Waals surface area contributed by atoms with Crippen LogP contribution in [0.2, 0.25) is 0 Å². The highest BCUT2D eigenvalue weighted by Crippen LogP contribution is 2.41. The fourth-order valence-corrected chi connectivity index (χ4v) is 4.17. The lowest BCUT2D eigenvalue weighted by atomic mass is 9.98. The Labute approximate surface area is 155 Å². The number of aromatic nitrogens is 1. The molecule has 2 aromatic rings. The summed E-state index contributed by atoms with van der Waals surface area (Å²) in [4.78, 5) is 16.3. The molecule has 8 heteroatoms. The molecule has 134 valence electrons. The van der Waals surface area contributed by atoms with E-state index in [1.807, 2.05) is 13.0 Å². The van der Waals surface area contributed by atoms with Crippen molar-refractivity contribution in [1.29, 1.82) is 5.26 Å². The summed E-state index contributed by atoms with van der Waals surface area (Å²) in [5.41, 5.74) is 7.50. The summed E-state index contributed by atoms with van der Waals surface area (Å²) >= 11 is 1.50. The van der Waals surface area contributed by atoms with E-state index >= 15 is 0 Å². The molecule has 1 aliphatic heterocycles. The van der Waals surface area contributed by atoms with Crippen LogP contribution in [0.1, 0.15) is 28.5 Å². The maximum absolute atomic E-state index is 14.4. The van der Waals surface area contributed by atoms with Gasteiger partial charge in [0.1, 0.15) is 17.6 Å². The zero-order valence-electron chi connectivity index (χ0n) is 14.1. The second kappa shape index (κ2) is 7.41. The number of pyridine rings is 1. The number of anilines is 1. The summed E-state index contributed by atoms with van der Waals surface area (Å²) in [6, 6.07) is 9.41. The zero-order chi connectivity index (χ0) is 18.7. The number of carbonyl (C=O) groups excluding carboxylic acids is 1. The molecule has 0 bridgehead atoms. The highest BCUT2D eigenvalue weighted by atomic mass is 32.2. The average Bonchev–Trinajstić information content (AvgIpc) is 2.63. The van der Waals surface area contributed by atoms with E-state index in [0.717, 1.165) is 0 Å². The van der Waals surface area contributed by atoms with E-state index in [1.54, 1.807) is 6.07 Å². The molecule has 1 unspecified atom stereocenters. The Balaban J connectivity index is 1.83. The Morgan fingerprint density at radius 3 is 2.96 bits per heavy atom. The van der Waals surface area contributed by atoms with E-state index in [1.165, 1.54) is 42.2 Å². The molecule has 2 heterocycles. The third-order valence-corrected chi connectivity index (χ3v) is 5.49. The molecule has 0 aliphatic carbocycles. The number of amides is 1. The minimum Gasteiger partial charge on any atom is -0.321 e. The van der Waals surface area contributed by atoms with Gasteiger partial charge in [-0.2, -0.15) is 5.26 Å². The molecular weight excluding hydrogens is 353 g/mol. The largest absolute Gasteiger partial charge is 0.321 e. The number of carbonyl (C=O) groups is 1. The first-order chi connectivity index (χ1) is 12.4. The Kier molecular flexibility index (Phi) is 5.23. The smallest absolute Gasteiger partial charge is 0.274 e. The summed E-state index contributed by atoms with van der Waals surface area (Å²) in [6.07, 6.45) is 1.33. The summed E-state index contributed by atoms with van der Waals surface area (Å²) < 4.78 is 13.9. The number of nitrogens with two attached hydrogens (primary N) is 1. The summed E-state index contributed by atoms with van der Waals surface area (Å²) in [7, 11) is 0. The number of hydrogen-bond donors (Lipinski definition) is 3. The van der Waals surface area contributed by atoms with E-state index in [2.05, 4.69) is 15.6 Å². The Morgan fingerprint density at radius 2 is 2.31 bits per heavy atom. The van der Waals surface area contributed by atoms with Gasteiger partial charge in [-0.1, -0.05) is 0 Å². The Bertz CT molecular complexity index is 867. The summed E-state index contributed by atoms with van der Waals surface area (Å²) in [5.74, 6) is -0.770. The lowest BCUT2D eigenvalue weighted by Crippen LogP contribution is -2.47. The van der Waals surface area contributed by atoms with Crippen molar-refractivity contribution < 1.29 is 9.18 Å². The van der Waals surface area contributed by atoms with Crippen LogP contribution in [0.25, 0.3) is 0 Å². The first kappa shape index (κ1) is 18.3. The van der Waals surface area contributed by atoms with Crippen LogP contribution < -0.4 is 16.4 Å². The van der Waals surface area contributed by atoms with E-state index in [-0.39, 0.29) is 16.9 Å². The molecule has 1 aromatic carbocycles. The van der Waals surface area contributed by atoms with Crippen molar-refractivity contribution in [2.24, 2.45) is 5.73 Å². The molecule has 0 spiro atoms. The third-order valence-electron chi connectivity index (χ3n) is 4.14. The van der Waals surface area contributed by atoms with E-state index in [4.69, 9.17) is 11.0 Å². The molecule has 0 radical (unpaired) electrons. The molecule has 3 rings (SSSR count). The average molecular weight is 371 g/mol. The lowest BCUT2D eigenvalue weighted by molar-refractivity contribution is 0.102. The molecule has 26 heavy (non-hydrogen) atoms. The molecular formula is C18H18FN5OS. The number of hydrogen-bond acceptors (Lipinski definition) is 6. The van der Waals surface area contributed by atoms with Gasteiger partial charge in [-0.3, -0.25) is 4.79 Å². The van der Waals surface area contributed by atoms with E-state index in [0.29, 0.717) is 29.9 Å². The van der Waals surface area contributed by atoms with Crippen molar-refractivity contribution in [3.05, 3.63) is 59.2 Å². The number of halogens is 1. The van der Waals surface area contributed by atoms with Gasteiger partial charge in [-0.15, -0.1) is 11.8 Å². The van der Waals surface area contributed by atoms with E-state index in [9.17, 15) is 9.18 Å². The Hall–Kier alpha value is -2.47. The van der Waals surface area contributed by atoms with Crippen LogP contribution in [0, 0.1) is 17.1 Å². The van der Waals surface area contributed by atoms with Gasteiger partial charge < -0.3 is 16.4 Å². The van der Waals surface area contributed by atoms with Crippen LogP contribution in [0.3, 0.4) is 0 Å². The highest BCUT2D eigenvalue weighted by molar-refractivity contribution is 8.00. The van der Waals surface area contributed by atoms with Gasteiger partial charge in [0.15, 0.2) is 0 Å². The zero-order valence-corrected chi connectivity index (χ0v) is 14.9. The minimum atomic E-state index is -0.533. The van der Waals surface area contributed by atoms with Crippen molar-refractivity contribution in [2.45, 2.75) is 17.0 Å². The fraction of sp³-hybridized carbons (Fsp3) is 0.278. The molecule has 6 nitrogen and oxygen atoms in total. The van der Waals surface area contributed by atoms with Crippen LogP contribution in [-0.4, -0.2) is 29.4 Å².